The van der Waals surface area contributed by atoms with Crippen molar-refractivity contribution in [3.63, 3.8) is 0 Å². The number of phenolic OH excluding ortho intramolecular Hbond substituents is 1. The predicted molar refractivity (Wildman–Crippen MR) is 130 cm³/mol. The van der Waals surface area contributed by atoms with E-state index >= 15 is 0 Å². The van der Waals surface area contributed by atoms with Gasteiger partial charge in [0.2, 0.25) is 0 Å². The summed E-state index contributed by atoms with van der Waals surface area (Å²) in [6.45, 7) is 6.66. The monoisotopic (exact) mass is 480 g/mol. The topological polar surface area (TPSA) is 116 Å². The van der Waals surface area contributed by atoms with E-state index < -0.39 is 0 Å². The van der Waals surface area contributed by atoms with Gasteiger partial charge >= 0.3 is 5.97 Å². The van der Waals surface area contributed by atoms with Crippen LogP contribution in [-0.4, -0.2) is 50.3 Å². The molecule has 9 nitrogen and oxygen atoms in total. The molecule has 9 heteroatoms. The van der Waals surface area contributed by atoms with E-state index in [1.54, 1.807) is 36.0 Å². The number of phenols is 1. The number of hydrogen-bond donors (Lipinski definition) is 1. The highest BCUT2D eigenvalue weighted by molar-refractivity contribution is 5.97. The van der Waals surface area contributed by atoms with Crippen molar-refractivity contribution >= 4 is 11.8 Å². The first kappa shape index (κ1) is 25.9. The molecule has 0 unspecified atom stereocenters. The number of ether oxygens (including phenoxy) is 2. The lowest BCUT2D eigenvalue weighted by molar-refractivity contribution is 0.0526. The van der Waals surface area contributed by atoms with Gasteiger partial charge in [-0.25, -0.2) is 4.79 Å². The Morgan fingerprint density at radius 3 is 2.51 bits per heavy atom. The minimum Gasteiger partial charge on any atom is -0.507 e. The summed E-state index contributed by atoms with van der Waals surface area (Å²) in [6, 6.07) is 10.5. The van der Waals surface area contributed by atoms with E-state index in [2.05, 4.69) is 15.4 Å². The molecule has 0 saturated carbocycles. The number of hydrogen-bond acceptors (Lipinski definition) is 8. The maximum Gasteiger partial charge on any atom is 0.338 e. The van der Waals surface area contributed by atoms with Crippen molar-refractivity contribution in [3.05, 3.63) is 64.5 Å². The van der Waals surface area contributed by atoms with Crippen LogP contribution < -0.4 is 4.74 Å². The molecule has 0 bridgehead atoms. The third-order valence-electron chi connectivity index (χ3n) is 5.45. The smallest absolute Gasteiger partial charge is 0.338 e. The van der Waals surface area contributed by atoms with Gasteiger partial charge in [-0.1, -0.05) is 25.5 Å². The standard InChI is InChI=1S/C26H32N4O5/c1-4-8-22-23(14-13-21(18(3)31)25(22)32)35-16-7-6-15-30-28-24(27-29-30)17-19-9-11-20(12-10-19)26(33)34-5-2/h9-14,32H,4-8,15-17H2,1-3H3. The quantitative estimate of drug-likeness (QED) is 0.220. The van der Waals surface area contributed by atoms with Gasteiger partial charge in [-0.2, -0.15) is 4.80 Å². The summed E-state index contributed by atoms with van der Waals surface area (Å²) < 4.78 is 10.9. The molecule has 1 N–H and O–H groups in total. The Balaban J connectivity index is 1.46. The van der Waals surface area contributed by atoms with Gasteiger partial charge in [0.25, 0.3) is 0 Å². The fourth-order valence-electron chi connectivity index (χ4n) is 3.66. The molecule has 35 heavy (non-hydrogen) atoms. The molecular weight excluding hydrogens is 448 g/mol. The molecule has 2 aromatic carbocycles. The Labute approximate surface area is 205 Å². The van der Waals surface area contributed by atoms with Crippen LogP contribution in [0.3, 0.4) is 0 Å². The number of ketones is 1. The molecule has 0 saturated heterocycles. The van der Waals surface area contributed by atoms with Gasteiger partial charge in [-0.3, -0.25) is 4.79 Å². The number of tetrazole rings is 1. The van der Waals surface area contributed by atoms with Gasteiger partial charge in [-0.05, 0) is 68.2 Å². The molecule has 0 aliphatic rings. The first-order valence-corrected chi connectivity index (χ1v) is 11.9. The number of rotatable bonds is 13. The molecule has 1 aromatic heterocycles. The highest BCUT2D eigenvalue weighted by Gasteiger charge is 2.16. The van der Waals surface area contributed by atoms with Crippen molar-refractivity contribution in [2.45, 2.75) is 59.4 Å². The highest BCUT2D eigenvalue weighted by atomic mass is 16.5. The van der Waals surface area contributed by atoms with Gasteiger partial charge in [0.1, 0.15) is 11.5 Å². The summed E-state index contributed by atoms with van der Waals surface area (Å²) >= 11 is 0. The molecule has 0 fully saturated rings. The molecule has 186 valence electrons. The van der Waals surface area contributed by atoms with Crippen molar-refractivity contribution in [2.24, 2.45) is 0 Å². The van der Waals surface area contributed by atoms with Crippen molar-refractivity contribution in [1.29, 1.82) is 0 Å². The summed E-state index contributed by atoms with van der Waals surface area (Å²) in [4.78, 5) is 25.0. The van der Waals surface area contributed by atoms with E-state index in [1.165, 1.54) is 6.92 Å². The van der Waals surface area contributed by atoms with E-state index in [4.69, 9.17) is 9.47 Å². The fourth-order valence-corrected chi connectivity index (χ4v) is 3.66. The highest BCUT2D eigenvalue weighted by Crippen LogP contribution is 2.33. The second kappa shape index (κ2) is 12.6. The Hall–Kier alpha value is -3.75. The van der Waals surface area contributed by atoms with Crippen molar-refractivity contribution in [2.75, 3.05) is 13.2 Å². The van der Waals surface area contributed by atoms with Crippen LogP contribution >= 0.6 is 0 Å². The summed E-state index contributed by atoms with van der Waals surface area (Å²) in [5, 5.41) is 23.1. The molecule has 0 aliphatic carbocycles. The van der Waals surface area contributed by atoms with Gasteiger partial charge in [0, 0.05) is 12.0 Å². The van der Waals surface area contributed by atoms with Crippen LogP contribution in [0.1, 0.15) is 77.7 Å². The average Bonchev–Trinajstić information content (AvgIpc) is 3.28. The molecule has 0 radical (unpaired) electrons. The van der Waals surface area contributed by atoms with Crippen molar-refractivity contribution < 1.29 is 24.2 Å². The lowest BCUT2D eigenvalue weighted by Crippen LogP contribution is -2.07. The van der Waals surface area contributed by atoms with Gasteiger partial charge in [0.05, 0.1) is 30.9 Å². The van der Waals surface area contributed by atoms with Crippen LogP contribution in [0.5, 0.6) is 11.5 Å². The summed E-state index contributed by atoms with van der Waals surface area (Å²) in [7, 11) is 0. The maximum atomic E-state index is 11.8. The number of esters is 1. The Morgan fingerprint density at radius 2 is 1.83 bits per heavy atom. The normalized spacial score (nSPS) is 10.8. The van der Waals surface area contributed by atoms with Gasteiger partial charge in [0.15, 0.2) is 11.6 Å². The Morgan fingerprint density at radius 1 is 1.06 bits per heavy atom. The van der Waals surface area contributed by atoms with Gasteiger partial charge in [-0.15, -0.1) is 10.2 Å². The van der Waals surface area contributed by atoms with Crippen LogP contribution in [0.4, 0.5) is 0 Å². The first-order chi connectivity index (χ1) is 16.9. The van der Waals surface area contributed by atoms with Crippen molar-refractivity contribution in [3.8, 4) is 11.5 Å². The molecule has 3 rings (SSSR count). The van der Waals surface area contributed by atoms with Crippen molar-refractivity contribution in [1.82, 2.24) is 20.2 Å². The van der Waals surface area contributed by atoms with E-state index in [-0.39, 0.29) is 17.5 Å². The molecule has 0 atom stereocenters. The number of Topliss-reactive ketones (excluding diaryl/α,β-unsaturated/α-hetero) is 1. The lowest BCUT2D eigenvalue weighted by atomic mass is 10.0. The van der Waals surface area contributed by atoms with Gasteiger partial charge < -0.3 is 14.6 Å². The second-order valence-corrected chi connectivity index (χ2v) is 8.20. The SMILES string of the molecule is CCCc1c(OCCCCn2nnc(Cc3ccc(C(=O)OCC)cc3)n2)ccc(C(C)=O)c1O. The predicted octanol–water partition coefficient (Wildman–Crippen LogP) is 4.16. The zero-order valence-corrected chi connectivity index (χ0v) is 20.5. The number of benzene rings is 2. The number of carbonyl (C=O) groups excluding carboxylic acids is 2. The number of unbranched alkanes of at least 4 members (excludes halogenated alkanes) is 1. The van der Waals surface area contributed by atoms with Crippen LogP contribution in [0.2, 0.25) is 0 Å². The fraction of sp³-hybridized carbons (Fsp3) is 0.423. The summed E-state index contributed by atoms with van der Waals surface area (Å²) in [5.41, 5.74) is 2.50. The third-order valence-corrected chi connectivity index (χ3v) is 5.45. The molecule has 0 amide bonds. The number of nitrogens with zero attached hydrogens (tertiary/aromatic N) is 4. The number of aromatic hydroxyl groups is 1. The Kier molecular flexibility index (Phi) is 9.34. The molecule has 1 heterocycles. The average molecular weight is 481 g/mol. The zero-order chi connectivity index (χ0) is 25.2. The maximum absolute atomic E-state index is 11.8. The minimum absolute atomic E-state index is 0.0201. The summed E-state index contributed by atoms with van der Waals surface area (Å²) in [5.74, 6) is 0.741. The van der Waals surface area contributed by atoms with Crippen LogP contribution in [0.15, 0.2) is 36.4 Å². The van der Waals surface area contributed by atoms with E-state index in [0.717, 1.165) is 24.8 Å². The molecule has 0 aliphatic heterocycles. The van der Waals surface area contributed by atoms with E-state index in [9.17, 15) is 14.7 Å². The summed E-state index contributed by atoms with van der Waals surface area (Å²) in [6.07, 6.45) is 3.56. The molecular formula is C26H32N4O5. The number of aromatic nitrogens is 4. The minimum atomic E-state index is -0.335. The van der Waals surface area contributed by atoms with Crippen LogP contribution in [0, 0.1) is 0 Å². The van der Waals surface area contributed by atoms with E-state index in [1.807, 2.05) is 19.1 Å². The second-order valence-electron chi connectivity index (χ2n) is 8.20. The molecule has 3 aromatic rings. The number of aryl methyl sites for hydroxylation is 1. The first-order valence-electron chi connectivity index (χ1n) is 11.9. The van der Waals surface area contributed by atoms with E-state index in [0.29, 0.717) is 60.9 Å². The number of carbonyl (C=O) groups is 2. The lowest BCUT2D eigenvalue weighted by Gasteiger charge is -2.14. The molecule has 0 spiro atoms. The van der Waals surface area contributed by atoms with Crippen LogP contribution in [0.25, 0.3) is 0 Å². The van der Waals surface area contributed by atoms with Crippen LogP contribution in [-0.2, 0) is 24.1 Å². The third kappa shape index (κ3) is 7.11. The Bertz CT molecular complexity index is 1140. The zero-order valence-electron chi connectivity index (χ0n) is 20.5. The largest absolute Gasteiger partial charge is 0.507 e.